The molecule has 3 aromatic rings. The smallest absolute Gasteiger partial charge is 0.225 e. The molecular weight excluding hydrogens is 312 g/mol. The maximum Gasteiger partial charge on any atom is 0.225 e. The Morgan fingerprint density at radius 3 is 2.44 bits per heavy atom. The number of hydrogen-bond donors (Lipinski definition) is 0. The Hall–Kier alpha value is -2.69. The number of anilines is 1. The summed E-state index contributed by atoms with van der Waals surface area (Å²) in [5, 5.41) is 0. The average Bonchev–Trinajstić information content (AvgIpc) is 3.13. The van der Waals surface area contributed by atoms with Crippen molar-refractivity contribution in [3.8, 4) is 0 Å². The maximum absolute atomic E-state index is 6.11. The van der Waals surface area contributed by atoms with Gasteiger partial charge in [-0.2, -0.15) is 0 Å². The highest BCUT2D eigenvalue weighted by Crippen LogP contribution is 2.35. The highest BCUT2D eigenvalue weighted by molar-refractivity contribution is 5.30. The Labute approximate surface area is 147 Å². The molecule has 0 amide bonds. The summed E-state index contributed by atoms with van der Waals surface area (Å²) in [5.41, 5.74) is 1.21. The first-order valence-corrected chi connectivity index (χ1v) is 8.74. The molecule has 2 aromatic heterocycles. The van der Waals surface area contributed by atoms with Crippen LogP contribution in [-0.2, 0) is 11.8 Å². The van der Waals surface area contributed by atoms with Gasteiger partial charge in [-0.3, -0.25) is 0 Å². The maximum atomic E-state index is 6.11. The van der Waals surface area contributed by atoms with Crippen LogP contribution in [0.5, 0.6) is 0 Å². The summed E-state index contributed by atoms with van der Waals surface area (Å²) < 4.78 is 6.11. The van der Waals surface area contributed by atoms with Crippen molar-refractivity contribution in [3.63, 3.8) is 0 Å². The molecule has 128 valence electrons. The van der Waals surface area contributed by atoms with Gasteiger partial charge >= 0.3 is 0 Å². The third-order valence-electron chi connectivity index (χ3n) is 4.99. The molecule has 1 aliphatic rings. The summed E-state index contributed by atoms with van der Waals surface area (Å²) in [7, 11) is 0. The van der Waals surface area contributed by atoms with E-state index in [4.69, 9.17) is 4.42 Å². The molecule has 0 radical (unpaired) electrons. The fourth-order valence-electron chi connectivity index (χ4n) is 3.33. The first kappa shape index (κ1) is 15.8. The van der Waals surface area contributed by atoms with Gasteiger partial charge in [-0.15, -0.1) is 0 Å². The van der Waals surface area contributed by atoms with E-state index >= 15 is 0 Å². The molecule has 1 aliphatic heterocycles. The molecule has 3 heterocycles. The van der Waals surface area contributed by atoms with Crippen molar-refractivity contribution in [1.29, 1.82) is 0 Å². The minimum Gasteiger partial charge on any atom is -0.445 e. The Bertz CT molecular complexity index is 808. The fraction of sp³-hybridized carbons (Fsp3) is 0.350. The molecule has 25 heavy (non-hydrogen) atoms. The Kier molecular flexibility index (Phi) is 4.22. The van der Waals surface area contributed by atoms with Crippen LogP contribution in [0, 0.1) is 0 Å². The van der Waals surface area contributed by atoms with E-state index < -0.39 is 0 Å². The number of aromatic nitrogens is 3. The van der Waals surface area contributed by atoms with E-state index in [9.17, 15) is 0 Å². The van der Waals surface area contributed by atoms with Crippen LogP contribution in [-0.4, -0.2) is 28.0 Å². The quantitative estimate of drug-likeness (QED) is 0.729. The molecule has 0 aliphatic carbocycles. The van der Waals surface area contributed by atoms with Crippen molar-refractivity contribution >= 4 is 5.95 Å². The minimum atomic E-state index is -0.0276. The summed E-state index contributed by atoms with van der Waals surface area (Å²) >= 11 is 0. The molecule has 1 aromatic carbocycles. The van der Waals surface area contributed by atoms with Gasteiger partial charge in [0.25, 0.3) is 0 Å². The van der Waals surface area contributed by atoms with Gasteiger partial charge in [0.05, 0.1) is 6.20 Å². The molecule has 1 saturated heterocycles. The van der Waals surface area contributed by atoms with Crippen LogP contribution >= 0.6 is 0 Å². The third-order valence-corrected chi connectivity index (χ3v) is 4.99. The van der Waals surface area contributed by atoms with Crippen LogP contribution in [0.15, 0.2) is 59.4 Å². The Balaban J connectivity index is 1.44. The lowest BCUT2D eigenvalue weighted by atomic mass is 9.80. The van der Waals surface area contributed by atoms with Gasteiger partial charge in [-0.1, -0.05) is 37.3 Å². The van der Waals surface area contributed by atoms with E-state index in [-0.39, 0.29) is 5.41 Å². The van der Waals surface area contributed by atoms with Crippen molar-refractivity contribution in [2.45, 2.75) is 31.6 Å². The monoisotopic (exact) mass is 334 g/mol. The summed E-state index contributed by atoms with van der Waals surface area (Å²) in [6.45, 7) is 4.07. The van der Waals surface area contributed by atoms with Crippen LogP contribution in [0.1, 0.15) is 37.0 Å². The zero-order valence-electron chi connectivity index (χ0n) is 14.4. The molecule has 0 bridgehead atoms. The van der Waals surface area contributed by atoms with Crippen LogP contribution < -0.4 is 4.90 Å². The van der Waals surface area contributed by atoms with Crippen molar-refractivity contribution < 1.29 is 4.42 Å². The average molecular weight is 334 g/mol. The molecule has 1 fully saturated rings. The second kappa shape index (κ2) is 6.67. The van der Waals surface area contributed by atoms with Crippen molar-refractivity contribution in [1.82, 2.24) is 15.0 Å². The topological polar surface area (TPSA) is 55.1 Å². The zero-order chi connectivity index (χ0) is 17.1. The van der Waals surface area contributed by atoms with Gasteiger partial charge in [0, 0.05) is 37.3 Å². The van der Waals surface area contributed by atoms with Crippen LogP contribution in [0.25, 0.3) is 0 Å². The second-order valence-corrected chi connectivity index (χ2v) is 6.89. The molecule has 0 atom stereocenters. The van der Waals surface area contributed by atoms with Crippen LogP contribution in [0.4, 0.5) is 5.95 Å². The normalized spacial score (nSPS) is 16.8. The first-order valence-electron chi connectivity index (χ1n) is 8.74. The largest absolute Gasteiger partial charge is 0.445 e. The molecule has 0 spiro atoms. The number of piperidine rings is 1. The molecule has 0 unspecified atom stereocenters. The number of nitrogens with zero attached hydrogens (tertiary/aromatic N) is 4. The van der Waals surface area contributed by atoms with Crippen molar-refractivity contribution in [3.05, 3.63) is 72.2 Å². The lowest BCUT2D eigenvalue weighted by Crippen LogP contribution is -2.41. The van der Waals surface area contributed by atoms with Crippen molar-refractivity contribution in [2.24, 2.45) is 0 Å². The molecule has 0 saturated carbocycles. The van der Waals surface area contributed by atoms with Crippen LogP contribution in [0.2, 0.25) is 0 Å². The van der Waals surface area contributed by atoms with Gasteiger partial charge in [0.1, 0.15) is 5.76 Å². The Morgan fingerprint density at radius 2 is 1.72 bits per heavy atom. The van der Waals surface area contributed by atoms with Gasteiger partial charge in [0.2, 0.25) is 5.95 Å². The fourth-order valence-corrected chi connectivity index (χ4v) is 3.33. The number of hydrogen-bond acceptors (Lipinski definition) is 5. The minimum absolute atomic E-state index is 0.0276. The number of rotatable bonds is 4. The number of oxazole rings is 1. The van der Waals surface area contributed by atoms with E-state index in [1.165, 1.54) is 5.56 Å². The van der Waals surface area contributed by atoms with E-state index in [0.717, 1.165) is 50.0 Å². The Morgan fingerprint density at radius 1 is 1.00 bits per heavy atom. The molecule has 5 heteroatoms. The lowest BCUT2D eigenvalue weighted by molar-refractivity contribution is 0.278. The molecule has 5 nitrogen and oxygen atoms in total. The van der Waals surface area contributed by atoms with Crippen LogP contribution in [0.3, 0.4) is 0 Å². The van der Waals surface area contributed by atoms with Gasteiger partial charge in [-0.25, -0.2) is 15.0 Å². The summed E-state index contributed by atoms with van der Waals surface area (Å²) in [6, 6.07) is 12.2. The first-order chi connectivity index (χ1) is 12.2. The van der Waals surface area contributed by atoms with E-state index in [1.54, 1.807) is 12.4 Å². The molecule has 4 rings (SSSR count). The summed E-state index contributed by atoms with van der Waals surface area (Å²) in [6.07, 6.45) is 8.21. The highest BCUT2D eigenvalue weighted by atomic mass is 16.4. The van der Waals surface area contributed by atoms with Gasteiger partial charge in [0.15, 0.2) is 5.89 Å². The lowest BCUT2D eigenvalue weighted by Gasteiger charge is -2.37. The molecular formula is C20H22N4O. The van der Waals surface area contributed by atoms with Gasteiger partial charge in [-0.05, 0) is 24.5 Å². The summed E-state index contributed by atoms with van der Waals surface area (Å²) in [4.78, 5) is 15.5. The standard InChI is InChI=1S/C20H22N4O/c1-20(8-12-24(13-9-20)19-21-10-5-11-22-19)18-23-15-17(25-18)14-16-6-3-2-4-7-16/h2-7,10-11,15H,8-9,12-14H2,1H3. The van der Waals surface area contributed by atoms with Gasteiger partial charge < -0.3 is 9.32 Å². The SMILES string of the molecule is CC1(c2ncc(Cc3ccccc3)o2)CCN(c2ncccn2)CC1. The highest BCUT2D eigenvalue weighted by Gasteiger charge is 2.36. The second-order valence-electron chi connectivity index (χ2n) is 6.89. The number of benzene rings is 1. The predicted molar refractivity (Wildman–Crippen MR) is 96.6 cm³/mol. The summed E-state index contributed by atoms with van der Waals surface area (Å²) in [5.74, 6) is 2.59. The van der Waals surface area contributed by atoms with Crippen molar-refractivity contribution in [2.75, 3.05) is 18.0 Å². The molecule has 0 N–H and O–H groups in total. The van der Waals surface area contributed by atoms with E-state index in [2.05, 4.69) is 51.0 Å². The van der Waals surface area contributed by atoms with E-state index in [1.807, 2.05) is 18.3 Å². The predicted octanol–water partition coefficient (Wildman–Crippen LogP) is 3.61. The van der Waals surface area contributed by atoms with E-state index in [0.29, 0.717) is 0 Å². The zero-order valence-corrected chi connectivity index (χ0v) is 14.4. The third kappa shape index (κ3) is 3.40.